The van der Waals surface area contributed by atoms with E-state index in [9.17, 15) is 9.18 Å². The van der Waals surface area contributed by atoms with E-state index in [0.717, 1.165) is 0 Å². The zero-order chi connectivity index (χ0) is 15.6. The highest BCUT2D eigenvalue weighted by Crippen LogP contribution is 2.24. The summed E-state index contributed by atoms with van der Waals surface area (Å²) in [5.74, 6) is -0.896. The highest BCUT2D eigenvalue weighted by atomic mass is 19.1. The van der Waals surface area contributed by atoms with Crippen molar-refractivity contribution in [3.63, 3.8) is 0 Å². The van der Waals surface area contributed by atoms with Gasteiger partial charge in [0.25, 0.3) is 5.91 Å². The monoisotopic (exact) mass is 290 g/mol. The van der Waals surface area contributed by atoms with E-state index in [1.165, 1.54) is 41.2 Å². The normalized spacial score (nSPS) is 18.8. The van der Waals surface area contributed by atoms with Crippen LogP contribution in [0.3, 0.4) is 0 Å². The van der Waals surface area contributed by atoms with Gasteiger partial charge in [0.05, 0.1) is 11.8 Å². The first kappa shape index (κ1) is 14.9. The Bertz CT molecular complexity index is 606. The van der Waals surface area contributed by atoms with Crippen LogP contribution < -0.4 is 5.01 Å². The number of nitriles is 1. The number of hydrazone groups is 1. The number of amides is 1. The van der Waals surface area contributed by atoms with E-state index in [4.69, 9.17) is 10.00 Å². The Kier molecular flexibility index (Phi) is 4.19. The molecule has 1 atom stereocenters. The lowest BCUT2D eigenvalue weighted by atomic mass is 10.3. The van der Waals surface area contributed by atoms with Crippen LogP contribution in [0.25, 0.3) is 0 Å². The molecular weight excluding hydrogens is 275 g/mol. The molecule has 0 unspecified atom stereocenters. The Morgan fingerprint density at radius 2 is 2.00 bits per heavy atom. The number of benzene rings is 1. The number of nitrogens with zero attached hydrogens (tertiary/aromatic N) is 4. The number of anilines is 1. The van der Waals surface area contributed by atoms with Gasteiger partial charge in [0.2, 0.25) is 12.1 Å². The molecule has 0 spiro atoms. The summed E-state index contributed by atoms with van der Waals surface area (Å²) in [7, 11) is 1.53. The van der Waals surface area contributed by atoms with Crippen LogP contribution in [-0.4, -0.2) is 36.0 Å². The lowest BCUT2D eigenvalue weighted by Gasteiger charge is -2.39. The Balaban J connectivity index is 2.45. The van der Waals surface area contributed by atoms with Gasteiger partial charge in [-0.3, -0.25) is 9.69 Å². The molecule has 1 aromatic carbocycles. The third kappa shape index (κ3) is 3.01. The summed E-state index contributed by atoms with van der Waals surface area (Å²) in [5.41, 5.74) is 0.277. The molecule has 1 amide bonds. The maximum absolute atomic E-state index is 13.0. The summed E-state index contributed by atoms with van der Waals surface area (Å²) in [6, 6.07) is 7.33. The minimum absolute atomic E-state index is 0.160. The van der Waals surface area contributed by atoms with Crippen LogP contribution in [0.5, 0.6) is 0 Å². The Morgan fingerprint density at radius 3 is 2.52 bits per heavy atom. The van der Waals surface area contributed by atoms with Crippen molar-refractivity contribution < 1.29 is 13.9 Å². The predicted molar refractivity (Wildman–Crippen MR) is 74.7 cm³/mol. The van der Waals surface area contributed by atoms with Gasteiger partial charge >= 0.3 is 0 Å². The number of halogens is 1. The Labute approximate surface area is 122 Å². The number of rotatable bonds is 3. The van der Waals surface area contributed by atoms with Crippen LogP contribution in [0.4, 0.5) is 10.1 Å². The molecule has 1 aliphatic heterocycles. The number of hydrogen-bond donors (Lipinski definition) is 0. The first-order valence-corrected chi connectivity index (χ1v) is 6.40. The molecule has 1 aromatic rings. The molecule has 0 radical (unpaired) electrons. The quantitative estimate of drug-likeness (QED) is 0.849. The van der Waals surface area contributed by atoms with Gasteiger partial charge in [-0.05, 0) is 38.1 Å². The minimum atomic E-state index is -0.792. The number of carbonyl (C=O) groups is 1. The Morgan fingerprint density at radius 1 is 1.38 bits per heavy atom. The number of carbonyl (C=O) groups excluding carboxylic acids is 1. The van der Waals surface area contributed by atoms with E-state index < -0.39 is 12.3 Å². The summed E-state index contributed by atoms with van der Waals surface area (Å²) in [5, 5.41) is 14.4. The van der Waals surface area contributed by atoms with Crippen molar-refractivity contribution in [2.75, 3.05) is 12.1 Å². The van der Waals surface area contributed by atoms with E-state index in [2.05, 4.69) is 5.10 Å². The van der Waals surface area contributed by atoms with E-state index in [1.807, 2.05) is 13.8 Å². The van der Waals surface area contributed by atoms with Gasteiger partial charge in [-0.25, -0.2) is 9.40 Å². The van der Waals surface area contributed by atoms with Gasteiger partial charge in [-0.1, -0.05) is 0 Å². The number of hydrogen-bond acceptors (Lipinski definition) is 5. The molecule has 0 saturated carbocycles. The molecule has 2 rings (SSSR count). The fraction of sp³-hybridized carbons (Fsp3) is 0.357. The summed E-state index contributed by atoms with van der Waals surface area (Å²) in [6.45, 7) is 3.65. The molecule has 110 valence electrons. The zero-order valence-corrected chi connectivity index (χ0v) is 11.9. The van der Waals surface area contributed by atoms with Crippen LogP contribution in [0.1, 0.15) is 13.8 Å². The molecule has 0 aliphatic carbocycles. The average molecular weight is 290 g/mol. The average Bonchev–Trinajstić information content (AvgIpc) is 2.45. The largest absolute Gasteiger partial charge is 0.336 e. The molecule has 7 heteroatoms. The highest BCUT2D eigenvalue weighted by molar-refractivity contribution is 6.45. The fourth-order valence-electron chi connectivity index (χ4n) is 1.87. The van der Waals surface area contributed by atoms with E-state index in [-0.39, 0.29) is 17.6 Å². The Hall–Kier alpha value is -2.46. The molecular formula is C14H15FN4O2. The van der Waals surface area contributed by atoms with Gasteiger partial charge < -0.3 is 4.74 Å². The first-order chi connectivity index (χ1) is 9.93. The van der Waals surface area contributed by atoms with E-state index in [0.29, 0.717) is 5.69 Å². The molecule has 0 N–H and O–H groups in total. The van der Waals surface area contributed by atoms with Gasteiger partial charge in [-0.15, -0.1) is 0 Å². The lowest BCUT2D eigenvalue weighted by Crippen LogP contribution is -2.55. The van der Waals surface area contributed by atoms with Crippen molar-refractivity contribution in [3.8, 4) is 6.07 Å². The third-order valence-corrected chi connectivity index (χ3v) is 2.86. The molecule has 0 fully saturated rings. The van der Waals surface area contributed by atoms with Gasteiger partial charge in [0.1, 0.15) is 11.9 Å². The summed E-state index contributed by atoms with van der Waals surface area (Å²) in [6.07, 6.45) is -0.952. The summed E-state index contributed by atoms with van der Waals surface area (Å²) >= 11 is 0. The van der Waals surface area contributed by atoms with E-state index in [1.54, 1.807) is 6.07 Å². The lowest BCUT2D eigenvalue weighted by molar-refractivity contribution is -0.142. The maximum atomic E-state index is 13.0. The molecule has 1 heterocycles. The zero-order valence-electron chi connectivity index (χ0n) is 11.9. The van der Waals surface area contributed by atoms with Crippen LogP contribution in [0.2, 0.25) is 0 Å². The van der Waals surface area contributed by atoms with Crippen molar-refractivity contribution in [3.05, 3.63) is 30.1 Å². The molecule has 0 saturated heterocycles. The minimum Gasteiger partial charge on any atom is -0.336 e. The first-order valence-electron chi connectivity index (χ1n) is 6.40. The van der Waals surface area contributed by atoms with E-state index >= 15 is 0 Å². The van der Waals surface area contributed by atoms with Crippen molar-refractivity contribution >= 4 is 17.3 Å². The number of ether oxygens (including phenoxy) is 1. The molecule has 0 aromatic heterocycles. The second-order valence-corrected chi connectivity index (χ2v) is 4.81. The van der Waals surface area contributed by atoms with Crippen molar-refractivity contribution in [1.82, 2.24) is 4.90 Å². The van der Waals surface area contributed by atoms with Crippen LogP contribution in [0, 0.1) is 17.1 Å². The predicted octanol–water partition coefficient (Wildman–Crippen LogP) is 1.69. The van der Waals surface area contributed by atoms with Crippen LogP contribution in [-0.2, 0) is 9.53 Å². The van der Waals surface area contributed by atoms with Gasteiger partial charge in [0, 0.05) is 7.05 Å². The molecule has 0 bridgehead atoms. The van der Waals surface area contributed by atoms with Crippen molar-refractivity contribution in [2.45, 2.75) is 26.3 Å². The van der Waals surface area contributed by atoms with Crippen LogP contribution >= 0.6 is 0 Å². The summed E-state index contributed by atoms with van der Waals surface area (Å²) < 4.78 is 18.7. The van der Waals surface area contributed by atoms with Crippen molar-refractivity contribution in [2.24, 2.45) is 5.10 Å². The third-order valence-electron chi connectivity index (χ3n) is 2.86. The highest BCUT2D eigenvalue weighted by Gasteiger charge is 2.36. The standard InChI is InChI=1S/C14H15FN4O2/c1-9(2)21-14-18(3)13(20)12(8-16)17-19(14)11-6-4-10(15)5-7-11/h4-7,9,14H,1-3H3/t14-/m0/s1. The second-order valence-electron chi connectivity index (χ2n) is 4.81. The van der Waals surface area contributed by atoms with Crippen molar-refractivity contribution in [1.29, 1.82) is 5.26 Å². The topological polar surface area (TPSA) is 68.9 Å². The van der Waals surface area contributed by atoms with Crippen LogP contribution in [0.15, 0.2) is 29.4 Å². The molecule has 6 nitrogen and oxygen atoms in total. The molecule has 1 aliphatic rings. The SMILES string of the molecule is CC(C)O[C@H]1N(C)C(=O)C(C#N)=NN1c1ccc(F)cc1. The summed E-state index contributed by atoms with van der Waals surface area (Å²) in [4.78, 5) is 13.3. The van der Waals surface area contributed by atoms with Gasteiger partial charge in [-0.2, -0.15) is 10.4 Å². The second kappa shape index (κ2) is 5.89. The fourth-order valence-corrected chi connectivity index (χ4v) is 1.87. The maximum Gasteiger partial charge on any atom is 0.288 e. The molecule has 21 heavy (non-hydrogen) atoms. The smallest absolute Gasteiger partial charge is 0.288 e. The van der Waals surface area contributed by atoms with Gasteiger partial charge in [0.15, 0.2) is 0 Å².